The van der Waals surface area contributed by atoms with E-state index < -0.39 is 0 Å². The van der Waals surface area contributed by atoms with E-state index in [4.69, 9.17) is 0 Å². The first kappa shape index (κ1) is 20.3. The van der Waals surface area contributed by atoms with Crippen molar-refractivity contribution in [3.8, 4) is 0 Å². The summed E-state index contributed by atoms with van der Waals surface area (Å²) in [6.45, 7) is 7.97. The molecule has 29 heavy (non-hydrogen) atoms. The number of aromatic nitrogens is 2. The van der Waals surface area contributed by atoms with E-state index in [9.17, 15) is 9.59 Å². The average molecular weight is 390 g/mol. The number of carbonyl (C=O) groups excluding carboxylic acids is 1. The quantitative estimate of drug-likeness (QED) is 0.597. The molecule has 3 rings (SSSR count). The number of rotatable bonds is 6. The predicted molar refractivity (Wildman–Crippen MR) is 115 cm³/mol. The third-order valence-electron chi connectivity index (χ3n) is 4.87. The van der Waals surface area contributed by atoms with E-state index in [0.29, 0.717) is 11.1 Å². The van der Waals surface area contributed by atoms with Gasteiger partial charge < -0.3 is 15.6 Å². The molecule has 0 saturated carbocycles. The highest BCUT2D eigenvalue weighted by Gasteiger charge is 2.11. The lowest BCUT2D eigenvalue weighted by atomic mass is 10.1. The molecule has 0 saturated heterocycles. The van der Waals surface area contributed by atoms with Crippen LogP contribution in [0.1, 0.15) is 51.3 Å². The van der Waals surface area contributed by atoms with E-state index in [1.54, 1.807) is 18.3 Å². The summed E-state index contributed by atoms with van der Waals surface area (Å²) in [5.41, 5.74) is 4.83. The molecular formula is C23H26N4O2. The number of amides is 1. The molecule has 3 aromatic rings. The van der Waals surface area contributed by atoms with Crippen molar-refractivity contribution >= 4 is 11.7 Å². The molecule has 6 heteroatoms. The van der Waals surface area contributed by atoms with Gasteiger partial charge in [-0.15, -0.1) is 0 Å². The fraction of sp³-hybridized carbons (Fsp3) is 0.261. The van der Waals surface area contributed by atoms with Crippen LogP contribution in [-0.4, -0.2) is 15.9 Å². The Morgan fingerprint density at radius 2 is 1.83 bits per heavy atom. The van der Waals surface area contributed by atoms with Crippen LogP contribution in [0.25, 0.3) is 0 Å². The number of carbonyl (C=O) groups is 1. The van der Waals surface area contributed by atoms with E-state index in [1.165, 1.54) is 0 Å². The molecule has 0 bridgehead atoms. The van der Waals surface area contributed by atoms with Gasteiger partial charge >= 0.3 is 0 Å². The van der Waals surface area contributed by atoms with Gasteiger partial charge in [0, 0.05) is 35.6 Å². The van der Waals surface area contributed by atoms with Crippen molar-refractivity contribution in [2.45, 2.75) is 40.3 Å². The SMILES string of the molecule is Cc1ccnc(NC(C)c2ccc(C(=O)NCc3c(C)cc(C)[nH]c3=O)cc2)c1. The third-order valence-corrected chi connectivity index (χ3v) is 4.87. The minimum Gasteiger partial charge on any atom is -0.364 e. The Morgan fingerprint density at radius 3 is 2.48 bits per heavy atom. The number of anilines is 1. The Balaban J connectivity index is 1.63. The molecule has 6 nitrogen and oxygen atoms in total. The largest absolute Gasteiger partial charge is 0.364 e. The van der Waals surface area contributed by atoms with Crippen molar-refractivity contribution in [3.63, 3.8) is 0 Å². The molecule has 2 aromatic heterocycles. The van der Waals surface area contributed by atoms with Crippen LogP contribution in [0, 0.1) is 20.8 Å². The molecule has 150 valence electrons. The molecule has 0 radical (unpaired) electrons. The number of hydrogen-bond acceptors (Lipinski definition) is 4. The van der Waals surface area contributed by atoms with Crippen molar-refractivity contribution in [2.24, 2.45) is 0 Å². The van der Waals surface area contributed by atoms with Gasteiger partial charge in [0.2, 0.25) is 0 Å². The number of hydrogen-bond donors (Lipinski definition) is 3. The summed E-state index contributed by atoms with van der Waals surface area (Å²) in [4.78, 5) is 31.6. The first-order chi connectivity index (χ1) is 13.8. The van der Waals surface area contributed by atoms with Crippen molar-refractivity contribution in [3.05, 3.63) is 92.5 Å². The summed E-state index contributed by atoms with van der Waals surface area (Å²) in [5, 5.41) is 6.19. The number of benzene rings is 1. The van der Waals surface area contributed by atoms with E-state index in [-0.39, 0.29) is 24.1 Å². The van der Waals surface area contributed by atoms with Gasteiger partial charge in [-0.1, -0.05) is 12.1 Å². The molecule has 1 unspecified atom stereocenters. The molecule has 0 aliphatic carbocycles. The lowest BCUT2D eigenvalue weighted by Gasteiger charge is -2.16. The van der Waals surface area contributed by atoms with Crippen LogP contribution in [-0.2, 0) is 6.54 Å². The van der Waals surface area contributed by atoms with Crippen molar-refractivity contribution in [1.82, 2.24) is 15.3 Å². The van der Waals surface area contributed by atoms with Crippen LogP contribution in [0.15, 0.2) is 53.5 Å². The zero-order valence-corrected chi connectivity index (χ0v) is 17.2. The van der Waals surface area contributed by atoms with Crippen LogP contribution in [0.4, 0.5) is 5.82 Å². The number of aryl methyl sites for hydroxylation is 3. The number of H-pyrrole nitrogens is 1. The molecule has 2 heterocycles. The molecule has 1 aromatic carbocycles. The molecule has 1 atom stereocenters. The zero-order chi connectivity index (χ0) is 21.0. The predicted octanol–water partition coefficient (Wildman–Crippen LogP) is 3.80. The molecule has 0 fully saturated rings. The van der Waals surface area contributed by atoms with Gasteiger partial charge in [0.1, 0.15) is 5.82 Å². The fourth-order valence-corrected chi connectivity index (χ4v) is 3.22. The highest BCUT2D eigenvalue weighted by atomic mass is 16.1. The van der Waals surface area contributed by atoms with Crippen LogP contribution in [0.5, 0.6) is 0 Å². The minimum atomic E-state index is -0.211. The second-order valence-corrected chi connectivity index (χ2v) is 7.33. The molecule has 3 N–H and O–H groups in total. The summed E-state index contributed by atoms with van der Waals surface area (Å²) in [5.74, 6) is 0.606. The monoisotopic (exact) mass is 390 g/mol. The Morgan fingerprint density at radius 1 is 1.10 bits per heavy atom. The van der Waals surface area contributed by atoms with Crippen molar-refractivity contribution in [2.75, 3.05) is 5.32 Å². The van der Waals surface area contributed by atoms with Gasteiger partial charge in [-0.2, -0.15) is 0 Å². The van der Waals surface area contributed by atoms with Crippen LogP contribution < -0.4 is 16.2 Å². The van der Waals surface area contributed by atoms with Gasteiger partial charge in [-0.3, -0.25) is 9.59 Å². The maximum absolute atomic E-state index is 12.5. The summed E-state index contributed by atoms with van der Waals surface area (Å²) in [6.07, 6.45) is 1.78. The molecule has 0 spiro atoms. The first-order valence-electron chi connectivity index (χ1n) is 9.60. The number of nitrogens with one attached hydrogen (secondary N) is 3. The number of pyridine rings is 2. The van der Waals surface area contributed by atoms with E-state index in [1.807, 2.05) is 58.0 Å². The summed E-state index contributed by atoms with van der Waals surface area (Å²) < 4.78 is 0. The van der Waals surface area contributed by atoms with Crippen LogP contribution in [0.3, 0.4) is 0 Å². The average Bonchev–Trinajstić information content (AvgIpc) is 2.67. The van der Waals surface area contributed by atoms with Crippen molar-refractivity contribution in [1.29, 1.82) is 0 Å². The highest BCUT2D eigenvalue weighted by molar-refractivity contribution is 5.94. The Hall–Kier alpha value is -3.41. The Bertz CT molecular complexity index is 1070. The van der Waals surface area contributed by atoms with Crippen molar-refractivity contribution < 1.29 is 4.79 Å². The fourth-order valence-electron chi connectivity index (χ4n) is 3.22. The van der Waals surface area contributed by atoms with Gasteiger partial charge in [-0.05, 0) is 74.7 Å². The van der Waals surface area contributed by atoms with Gasteiger partial charge in [0.15, 0.2) is 0 Å². The second kappa shape index (κ2) is 8.73. The lowest BCUT2D eigenvalue weighted by Crippen LogP contribution is -2.27. The van der Waals surface area contributed by atoms with Gasteiger partial charge in [-0.25, -0.2) is 4.98 Å². The van der Waals surface area contributed by atoms with Crippen LogP contribution in [0.2, 0.25) is 0 Å². The van der Waals surface area contributed by atoms with E-state index in [2.05, 4.69) is 20.6 Å². The zero-order valence-electron chi connectivity index (χ0n) is 17.2. The second-order valence-electron chi connectivity index (χ2n) is 7.33. The third kappa shape index (κ3) is 5.10. The van der Waals surface area contributed by atoms with Gasteiger partial charge in [0.05, 0.1) is 0 Å². The maximum Gasteiger partial charge on any atom is 0.253 e. The number of nitrogens with zero attached hydrogens (tertiary/aromatic N) is 1. The van der Waals surface area contributed by atoms with Gasteiger partial charge in [0.25, 0.3) is 11.5 Å². The smallest absolute Gasteiger partial charge is 0.253 e. The lowest BCUT2D eigenvalue weighted by molar-refractivity contribution is 0.0950. The molecule has 0 aliphatic rings. The molecule has 0 aliphatic heterocycles. The standard InChI is InChI=1S/C23H26N4O2/c1-14-9-10-24-21(11-14)27-17(4)18-5-7-19(8-6-18)22(28)25-13-20-15(2)12-16(3)26-23(20)29/h5-12,17H,13H2,1-4H3,(H,24,27)(H,25,28)(H,26,29). The van der Waals surface area contributed by atoms with E-state index >= 15 is 0 Å². The Labute approximate surface area is 170 Å². The minimum absolute atomic E-state index is 0.0511. The molecular weight excluding hydrogens is 364 g/mol. The van der Waals surface area contributed by atoms with Crippen LogP contribution >= 0.6 is 0 Å². The summed E-state index contributed by atoms with van der Waals surface area (Å²) >= 11 is 0. The number of aromatic amines is 1. The normalized spacial score (nSPS) is 11.7. The summed E-state index contributed by atoms with van der Waals surface area (Å²) in [6, 6.07) is 13.3. The topological polar surface area (TPSA) is 86.9 Å². The summed E-state index contributed by atoms with van der Waals surface area (Å²) in [7, 11) is 0. The highest BCUT2D eigenvalue weighted by Crippen LogP contribution is 2.19. The first-order valence-corrected chi connectivity index (χ1v) is 9.60. The molecule has 1 amide bonds. The Kier molecular flexibility index (Phi) is 6.12. The maximum atomic E-state index is 12.5. The van der Waals surface area contributed by atoms with E-state index in [0.717, 1.165) is 28.2 Å².